The minimum atomic E-state index is -0.465. The van der Waals surface area contributed by atoms with Crippen molar-refractivity contribution in [1.29, 1.82) is 0 Å². The van der Waals surface area contributed by atoms with E-state index in [1.165, 1.54) is 115 Å². The van der Waals surface area contributed by atoms with Crippen LogP contribution in [0.3, 0.4) is 0 Å². The third-order valence-corrected chi connectivity index (χ3v) is 14.2. The zero-order valence-electron chi connectivity index (χ0n) is 37.1. The molecule has 0 aromatic heterocycles. The second-order valence-electron chi connectivity index (χ2n) is 21.0. The molecular formula is C59H55Br. The maximum Gasteiger partial charge on any atom is 0.0714 e. The fourth-order valence-corrected chi connectivity index (χ4v) is 10.6. The van der Waals surface area contributed by atoms with E-state index in [2.05, 4.69) is 226 Å². The van der Waals surface area contributed by atoms with Crippen LogP contribution in [-0.4, -0.2) is 0 Å². The summed E-state index contributed by atoms with van der Waals surface area (Å²) in [4.78, 5) is 0. The van der Waals surface area contributed by atoms with Crippen molar-refractivity contribution in [2.75, 3.05) is 0 Å². The lowest BCUT2D eigenvalue weighted by Gasteiger charge is -2.34. The van der Waals surface area contributed by atoms with Crippen molar-refractivity contribution in [1.82, 2.24) is 0 Å². The highest BCUT2D eigenvalue weighted by atomic mass is 79.9. The molecule has 0 saturated carbocycles. The van der Waals surface area contributed by atoms with E-state index < -0.39 is 5.41 Å². The highest BCUT2D eigenvalue weighted by molar-refractivity contribution is 9.10. The molecule has 1 unspecified atom stereocenters. The number of hydrogen-bond donors (Lipinski definition) is 0. The van der Waals surface area contributed by atoms with Gasteiger partial charge in [0.05, 0.1) is 5.41 Å². The van der Waals surface area contributed by atoms with E-state index in [1.807, 2.05) is 0 Å². The largest absolute Gasteiger partial charge is 0.0714 e. The van der Waals surface area contributed by atoms with Crippen molar-refractivity contribution in [3.63, 3.8) is 0 Å². The molecule has 0 spiro atoms. The van der Waals surface area contributed by atoms with E-state index in [4.69, 9.17) is 0 Å². The molecule has 10 rings (SSSR count). The zero-order chi connectivity index (χ0) is 42.3. The van der Waals surface area contributed by atoms with Crippen LogP contribution in [0.25, 0.3) is 65.3 Å². The Morgan fingerprint density at radius 1 is 0.383 bits per heavy atom. The maximum absolute atomic E-state index is 3.88. The molecule has 9 aromatic carbocycles. The van der Waals surface area contributed by atoms with Crippen LogP contribution in [0, 0.1) is 13.8 Å². The second-order valence-corrected chi connectivity index (χ2v) is 21.9. The summed E-state index contributed by atoms with van der Waals surface area (Å²) in [6.07, 6.45) is 0. The van der Waals surface area contributed by atoms with E-state index in [1.54, 1.807) is 0 Å². The van der Waals surface area contributed by atoms with Crippen molar-refractivity contribution >= 4 is 59.0 Å². The summed E-state index contributed by atoms with van der Waals surface area (Å²) in [6, 6.07) is 52.5. The van der Waals surface area contributed by atoms with Gasteiger partial charge in [-0.3, -0.25) is 0 Å². The molecule has 1 heteroatoms. The molecule has 60 heavy (non-hydrogen) atoms. The monoisotopic (exact) mass is 842 g/mol. The normalized spacial score (nSPS) is 15.7. The molecule has 0 heterocycles. The predicted molar refractivity (Wildman–Crippen MR) is 264 cm³/mol. The van der Waals surface area contributed by atoms with Crippen LogP contribution in [0.5, 0.6) is 0 Å². The first-order chi connectivity index (χ1) is 28.3. The lowest BCUT2D eigenvalue weighted by atomic mass is 9.67. The number of benzene rings is 9. The van der Waals surface area contributed by atoms with Crippen molar-refractivity contribution in [3.8, 4) is 22.3 Å². The third-order valence-electron chi connectivity index (χ3n) is 13.7. The molecule has 0 saturated heterocycles. The van der Waals surface area contributed by atoms with Gasteiger partial charge in [-0.1, -0.05) is 180 Å². The van der Waals surface area contributed by atoms with Gasteiger partial charge in [0.1, 0.15) is 0 Å². The summed E-state index contributed by atoms with van der Waals surface area (Å²) in [5.41, 5.74) is 16.5. The molecule has 0 radical (unpaired) electrons. The van der Waals surface area contributed by atoms with Gasteiger partial charge in [-0.25, -0.2) is 0 Å². The molecule has 0 fully saturated rings. The lowest BCUT2D eigenvalue weighted by molar-refractivity contribution is 0.590. The molecule has 0 aliphatic heterocycles. The molecular weight excluding hydrogens is 789 g/mol. The lowest BCUT2D eigenvalue weighted by Crippen LogP contribution is -2.28. The molecule has 0 N–H and O–H groups in total. The SMILES string of the molecule is Cc1ccc(C2(c3ccc(-c4cc5cc(C(C)(C)C)cc6c7cc(C(C)(C)C)cc8cc(C(C)(C)C)cc(c(c4)c56)c87)cc3)c3cc(C)ccc3-c3ccc(Br)cc32)cc1. The Morgan fingerprint density at radius 2 is 0.800 bits per heavy atom. The quantitative estimate of drug-likeness (QED) is 0.123. The van der Waals surface area contributed by atoms with Gasteiger partial charge in [0, 0.05) is 4.47 Å². The molecule has 9 aromatic rings. The Kier molecular flexibility index (Phi) is 8.52. The van der Waals surface area contributed by atoms with Gasteiger partial charge in [-0.15, -0.1) is 0 Å². The van der Waals surface area contributed by atoms with E-state index in [9.17, 15) is 0 Å². The second kappa shape index (κ2) is 13.1. The third kappa shape index (κ3) is 5.90. The van der Waals surface area contributed by atoms with E-state index in [0.29, 0.717) is 0 Å². The summed E-state index contributed by atoms with van der Waals surface area (Å²) < 4.78 is 1.10. The first-order valence-electron chi connectivity index (χ1n) is 21.7. The number of fused-ring (bicyclic) bond motifs is 5. The molecule has 1 atom stereocenters. The molecule has 298 valence electrons. The molecule has 1 aliphatic rings. The molecule has 0 amide bonds. The fraction of sp³-hybridized carbons (Fsp3) is 0.254. The first kappa shape index (κ1) is 38.9. The van der Waals surface area contributed by atoms with Crippen LogP contribution in [0.1, 0.15) is 112 Å². The molecule has 0 bridgehead atoms. The van der Waals surface area contributed by atoms with Gasteiger partial charge in [0.2, 0.25) is 0 Å². The van der Waals surface area contributed by atoms with E-state index in [0.717, 1.165) is 4.47 Å². The van der Waals surface area contributed by atoms with Gasteiger partial charge in [-0.05, 0) is 177 Å². The van der Waals surface area contributed by atoms with Gasteiger partial charge in [0.25, 0.3) is 0 Å². The zero-order valence-corrected chi connectivity index (χ0v) is 38.7. The Morgan fingerprint density at radius 3 is 1.30 bits per heavy atom. The van der Waals surface area contributed by atoms with Gasteiger partial charge in [-0.2, -0.15) is 0 Å². The number of rotatable bonds is 3. The van der Waals surface area contributed by atoms with Crippen molar-refractivity contribution in [3.05, 3.63) is 188 Å². The highest BCUT2D eigenvalue weighted by Gasteiger charge is 2.46. The van der Waals surface area contributed by atoms with Crippen LogP contribution in [-0.2, 0) is 21.7 Å². The highest BCUT2D eigenvalue weighted by Crippen LogP contribution is 2.57. The molecule has 0 nitrogen and oxygen atoms in total. The van der Waals surface area contributed by atoms with Crippen LogP contribution in [0.15, 0.2) is 138 Å². The summed E-state index contributed by atoms with van der Waals surface area (Å²) in [7, 11) is 0. The Hall–Kier alpha value is -5.24. The average molecular weight is 844 g/mol. The fourth-order valence-electron chi connectivity index (χ4n) is 10.3. The van der Waals surface area contributed by atoms with Crippen molar-refractivity contribution in [2.45, 2.75) is 97.8 Å². The predicted octanol–water partition coefficient (Wildman–Crippen LogP) is 17.0. The van der Waals surface area contributed by atoms with Crippen LogP contribution >= 0.6 is 15.9 Å². The average Bonchev–Trinajstić information content (AvgIpc) is 3.47. The minimum Gasteiger partial charge on any atom is -0.0590 e. The van der Waals surface area contributed by atoms with Gasteiger partial charge >= 0.3 is 0 Å². The van der Waals surface area contributed by atoms with Crippen LogP contribution in [0.2, 0.25) is 0 Å². The Labute approximate surface area is 365 Å². The number of hydrogen-bond acceptors (Lipinski definition) is 0. The van der Waals surface area contributed by atoms with Crippen LogP contribution in [0.4, 0.5) is 0 Å². The number of aryl methyl sites for hydroxylation is 2. The van der Waals surface area contributed by atoms with Crippen molar-refractivity contribution in [2.24, 2.45) is 0 Å². The van der Waals surface area contributed by atoms with Gasteiger partial charge in [0.15, 0.2) is 0 Å². The Bertz CT molecular complexity index is 3130. The Balaban J connectivity index is 1.26. The standard InChI is InChI=1S/C59H55Br/c1-34-12-17-40(18-13-34)59(52-24-35(2)14-22-46(52)47-23-21-45(60)33-53(47)59)41-19-15-36(16-20-41)37-25-38-26-42(56(3,4)5)31-50-51-32-44(58(9,10)11)28-39-27-43(57(6,7)8)30-49(55(39)51)48(29-37)54(38)50/h12-33H,1-11H3. The molecule has 1 aliphatic carbocycles. The first-order valence-corrected chi connectivity index (χ1v) is 22.5. The summed E-state index contributed by atoms with van der Waals surface area (Å²) in [6.45, 7) is 25.5. The van der Waals surface area contributed by atoms with E-state index >= 15 is 0 Å². The van der Waals surface area contributed by atoms with Gasteiger partial charge < -0.3 is 0 Å². The summed E-state index contributed by atoms with van der Waals surface area (Å²) in [5.74, 6) is 0. The summed E-state index contributed by atoms with van der Waals surface area (Å²) in [5, 5.41) is 10.8. The maximum atomic E-state index is 3.88. The number of halogens is 1. The summed E-state index contributed by atoms with van der Waals surface area (Å²) >= 11 is 3.88. The van der Waals surface area contributed by atoms with E-state index in [-0.39, 0.29) is 16.2 Å². The van der Waals surface area contributed by atoms with Crippen molar-refractivity contribution < 1.29 is 0 Å². The smallest absolute Gasteiger partial charge is 0.0590 e. The van der Waals surface area contributed by atoms with Crippen LogP contribution < -0.4 is 0 Å². The minimum absolute atomic E-state index is 0.00449. The topological polar surface area (TPSA) is 0 Å².